The van der Waals surface area contributed by atoms with Gasteiger partial charge in [0.2, 0.25) is 6.79 Å². The lowest BCUT2D eigenvalue weighted by molar-refractivity contribution is -0.156. The first-order valence-corrected chi connectivity index (χ1v) is 11.4. The third-order valence-electron chi connectivity index (χ3n) is 5.06. The minimum atomic E-state index is -4.40. The summed E-state index contributed by atoms with van der Waals surface area (Å²) in [7, 11) is -4.40. The van der Waals surface area contributed by atoms with E-state index in [2.05, 4.69) is 0 Å². The van der Waals surface area contributed by atoms with Gasteiger partial charge in [-0.05, 0) is 23.1 Å². The summed E-state index contributed by atoms with van der Waals surface area (Å²) in [6, 6.07) is 27.5. The monoisotopic (exact) mass is 440 g/mol. The number of carbonyl (C=O) groups is 1. The molecular formula is C24H25O6P. The quantitative estimate of drug-likeness (QED) is 0.265. The molecule has 1 unspecified atom stereocenters. The van der Waals surface area contributed by atoms with Crippen LogP contribution in [0.25, 0.3) is 0 Å². The highest BCUT2D eigenvalue weighted by Gasteiger charge is 2.42. The molecule has 3 rings (SSSR count). The number of benzene rings is 3. The van der Waals surface area contributed by atoms with E-state index >= 15 is 0 Å². The molecule has 7 heteroatoms. The van der Waals surface area contributed by atoms with Crippen molar-refractivity contribution in [1.82, 2.24) is 0 Å². The van der Waals surface area contributed by atoms with E-state index in [0.717, 1.165) is 16.7 Å². The van der Waals surface area contributed by atoms with E-state index < -0.39 is 26.0 Å². The molecule has 0 heterocycles. The van der Waals surface area contributed by atoms with Gasteiger partial charge in [0, 0.05) is 0 Å². The zero-order chi connectivity index (χ0) is 22.2. The molecule has 0 aromatic heterocycles. The van der Waals surface area contributed by atoms with Crippen LogP contribution in [0.4, 0.5) is 0 Å². The van der Waals surface area contributed by atoms with Crippen LogP contribution >= 0.6 is 7.82 Å². The van der Waals surface area contributed by atoms with E-state index in [1.54, 1.807) is 24.3 Å². The molecule has 0 radical (unpaired) electrons. The molecule has 1 atom stereocenters. The SMILES string of the molecule is CCC(C(=O)OCOP(=O)(O)OCc1ccccc1)(c1ccccc1)c1ccccc1. The molecule has 0 spiro atoms. The van der Waals surface area contributed by atoms with Crippen molar-refractivity contribution in [2.24, 2.45) is 0 Å². The van der Waals surface area contributed by atoms with Crippen LogP contribution in [0.3, 0.4) is 0 Å². The summed E-state index contributed by atoms with van der Waals surface area (Å²) in [4.78, 5) is 23.2. The molecule has 0 aliphatic carbocycles. The van der Waals surface area contributed by atoms with Gasteiger partial charge in [-0.3, -0.25) is 9.32 Å². The molecule has 0 saturated heterocycles. The lowest BCUT2D eigenvalue weighted by Gasteiger charge is -2.31. The Labute approximate surface area is 182 Å². The summed E-state index contributed by atoms with van der Waals surface area (Å²) in [6.45, 7) is 1.08. The predicted molar refractivity (Wildman–Crippen MR) is 117 cm³/mol. The number of hydrogen-bond donors (Lipinski definition) is 1. The number of phosphoric ester groups is 1. The first-order chi connectivity index (χ1) is 15.0. The number of phosphoric acid groups is 1. The van der Waals surface area contributed by atoms with Crippen LogP contribution in [0, 0.1) is 0 Å². The van der Waals surface area contributed by atoms with Gasteiger partial charge in [0.25, 0.3) is 0 Å². The lowest BCUT2D eigenvalue weighted by Crippen LogP contribution is -2.38. The zero-order valence-electron chi connectivity index (χ0n) is 17.2. The third kappa shape index (κ3) is 5.69. The van der Waals surface area contributed by atoms with Gasteiger partial charge >= 0.3 is 13.8 Å². The Hall–Kier alpha value is -2.76. The number of rotatable bonds is 10. The minimum Gasteiger partial charge on any atom is -0.437 e. The number of esters is 1. The number of ether oxygens (including phenoxy) is 1. The molecule has 0 bridgehead atoms. The lowest BCUT2D eigenvalue weighted by atomic mass is 9.72. The molecule has 0 amide bonds. The summed E-state index contributed by atoms with van der Waals surface area (Å²) >= 11 is 0. The smallest absolute Gasteiger partial charge is 0.437 e. The fraction of sp³-hybridized carbons (Fsp3) is 0.208. The highest BCUT2D eigenvalue weighted by Crippen LogP contribution is 2.44. The Morgan fingerprint density at radius 3 is 1.81 bits per heavy atom. The van der Waals surface area contributed by atoms with Gasteiger partial charge in [0.1, 0.15) is 5.41 Å². The van der Waals surface area contributed by atoms with Crippen LogP contribution in [-0.4, -0.2) is 17.7 Å². The van der Waals surface area contributed by atoms with E-state index in [9.17, 15) is 14.3 Å². The van der Waals surface area contributed by atoms with Crippen LogP contribution in [0.5, 0.6) is 0 Å². The van der Waals surface area contributed by atoms with Crippen molar-refractivity contribution >= 4 is 13.8 Å². The Morgan fingerprint density at radius 2 is 1.32 bits per heavy atom. The summed E-state index contributed by atoms with van der Waals surface area (Å²) < 4.78 is 27.3. The summed E-state index contributed by atoms with van der Waals surface area (Å²) in [5, 5.41) is 0. The molecule has 0 saturated carbocycles. The highest BCUT2D eigenvalue weighted by molar-refractivity contribution is 7.47. The van der Waals surface area contributed by atoms with E-state index in [1.165, 1.54) is 0 Å². The maximum atomic E-state index is 13.2. The Kier molecular flexibility index (Phi) is 7.77. The molecule has 0 aliphatic heterocycles. The second-order valence-corrected chi connectivity index (χ2v) is 8.35. The average molecular weight is 440 g/mol. The molecule has 1 N–H and O–H groups in total. The zero-order valence-corrected chi connectivity index (χ0v) is 18.1. The van der Waals surface area contributed by atoms with Gasteiger partial charge < -0.3 is 9.63 Å². The topological polar surface area (TPSA) is 82.1 Å². The van der Waals surface area contributed by atoms with Crippen LogP contribution in [0.1, 0.15) is 30.0 Å². The minimum absolute atomic E-state index is 0.102. The van der Waals surface area contributed by atoms with Crippen LogP contribution in [-0.2, 0) is 35.2 Å². The van der Waals surface area contributed by atoms with Crippen LogP contribution in [0.15, 0.2) is 91.0 Å². The molecule has 0 fully saturated rings. The number of hydrogen-bond acceptors (Lipinski definition) is 5. The van der Waals surface area contributed by atoms with Gasteiger partial charge in [-0.25, -0.2) is 9.09 Å². The van der Waals surface area contributed by atoms with Crippen molar-refractivity contribution in [3.05, 3.63) is 108 Å². The molecule has 6 nitrogen and oxygen atoms in total. The first-order valence-electron chi connectivity index (χ1n) is 9.92. The second-order valence-electron chi connectivity index (χ2n) is 6.90. The van der Waals surface area contributed by atoms with Crippen molar-refractivity contribution in [3.63, 3.8) is 0 Å². The van der Waals surface area contributed by atoms with E-state index in [0.29, 0.717) is 6.42 Å². The fourth-order valence-electron chi connectivity index (χ4n) is 3.44. The van der Waals surface area contributed by atoms with Crippen molar-refractivity contribution in [3.8, 4) is 0 Å². The van der Waals surface area contributed by atoms with Crippen LogP contribution < -0.4 is 0 Å². The van der Waals surface area contributed by atoms with Crippen LogP contribution in [0.2, 0.25) is 0 Å². The average Bonchev–Trinajstić information content (AvgIpc) is 2.81. The van der Waals surface area contributed by atoms with Crippen molar-refractivity contribution in [2.45, 2.75) is 25.4 Å². The van der Waals surface area contributed by atoms with Crippen molar-refractivity contribution < 1.29 is 28.0 Å². The maximum Gasteiger partial charge on any atom is 0.475 e. The molecule has 3 aromatic rings. The molecule has 3 aromatic carbocycles. The Morgan fingerprint density at radius 1 is 0.839 bits per heavy atom. The largest absolute Gasteiger partial charge is 0.475 e. The summed E-state index contributed by atoms with van der Waals surface area (Å²) in [5.41, 5.74) is 1.17. The Balaban J connectivity index is 1.70. The highest BCUT2D eigenvalue weighted by atomic mass is 31.2. The predicted octanol–water partition coefficient (Wildman–Crippen LogP) is 5.22. The van der Waals surface area contributed by atoms with Gasteiger partial charge in [-0.1, -0.05) is 97.9 Å². The van der Waals surface area contributed by atoms with Crippen molar-refractivity contribution in [1.29, 1.82) is 0 Å². The standard InChI is InChI=1S/C24H25O6P/c1-2-24(21-14-8-4-9-15-21,22-16-10-5-11-17-22)23(25)28-19-30-31(26,27)29-18-20-12-6-3-7-13-20/h3-17H,2,18-19H2,1H3,(H,26,27). The first kappa shape index (κ1) is 22.9. The van der Waals surface area contributed by atoms with Gasteiger partial charge in [-0.15, -0.1) is 0 Å². The summed E-state index contributed by atoms with van der Waals surface area (Å²) in [6.07, 6.45) is 0.432. The maximum absolute atomic E-state index is 13.2. The van der Waals surface area contributed by atoms with Crippen molar-refractivity contribution in [2.75, 3.05) is 6.79 Å². The molecule has 162 valence electrons. The molecule has 31 heavy (non-hydrogen) atoms. The van der Waals surface area contributed by atoms with Gasteiger partial charge in [-0.2, -0.15) is 0 Å². The van der Waals surface area contributed by atoms with E-state index in [1.807, 2.05) is 73.7 Å². The van der Waals surface area contributed by atoms with E-state index in [4.69, 9.17) is 13.8 Å². The second kappa shape index (κ2) is 10.5. The van der Waals surface area contributed by atoms with E-state index in [-0.39, 0.29) is 6.61 Å². The Bertz CT molecular complexity index is 969. The number of carbonyl (C=O) groups excluding carboxylic acids is 1. The summed E-state index contributed by atoms with van der Waals surface area (Å²) in [5.74, 6) is -0.574. The fourth-order valence-corrected chi connectivity index (χ4v) is 4.01. The van der Waals surface area contributed by atoms with Gasteiger partial charge in [0.15, 0.2) is 0 Å². The van der Waals surface area contributed by atoms with Gasteiger partial charge in [0.05, 0.1) is 6.61 Å². The normalized spacial score (nSPS) is 13.4. The molecule has 0 aliphatic rings. The molecular weight excluding hydrogens is 415 g/mol. The third-order valence-corrected chi connectivity index (χ3v) is 5.94.